The number of guanidine groups is 1. The lowest BCUT2D eigenvalue weighted by Crippen LogP contribution is -2.42. The number of aliphatic imine (C=N–C) groups is 1. The number of nitrogens with zero attached hydrogens (tertiary/aromatic N) is 2. The third-order valence-electron chi connectivity index (χ3n) is 5.98. The van der Waals surface area contributed by atoms with Gasteiger partial charge in [0.15, 0.2) is 5.96 Å². The third kappa shape index (κ3) is 4.34. The monoisotopic (exact) mass is 405 g/mol. The molecule has 1 aromatic rings. The average molecular weight is 406 g/mol. The van der Waals surface area contributed by atoms with E-state index in [1.165, 1.54) is 0 Å². The van der Waals surface area contributed by atoms with Crippen molar-refractivity contribution in [2.45, 2.75) is 37.4 Å². The Kier molecular flexibility index (Phi) is 6.18. The molecule has 0 amide bonds. The number of hydrogen-bond acceptors (Lipinski definition) is 6. The van der Waals surface area contributed by atoms with Gasteiger partial charge in [-0.05, 0) is 62.4 Å². The first-order chi connectivity index (χ1) is 13.6. The van der Waals surface area contributed by atoms with Gasteiger partial charge in [0.2, 0.25) is 10.0 Å². The van der Waals surface area contributed by atoms with Crippen LogP contribution in [-0.2, 0) is 10.0 Å². The Bertz CT molecular complexity index is 781. The quantitative estimate of drug-likeness (QED) is 0.697. The molecule has 3 N–H and O–H groups in total. The van der Waals surface area contributed by atoms with Crippen molar-refractivity contribution in [1.82, 2.24) is 14.9 Å². The molecule has 3 heterocycles. The number of nitrogens with one attached hydrogen (secondary N) is 3. The standard InChI is InChI=1S/C20H31N5O2S/c26-28(27,25-14-2-1-3-15-25)19(17-8-10-21-11-9-17)16-4-6-18(7-5-16)24-20-22-12-13-23-20/h4-7,17,19,21H,1-3,8-15H2,(H2,22,23,24). The lowest BCUT2D eigenvalue weighted by Gasteiger charge is -2.36. The molecular weight excluding hydrogens is 374 g/mol. The first kappa shape index (κ1) is 19.7. The molecule has 154 valence electrons. The van der Waals surface area contributed by atoms with Crippen LogP contribution in [0.2, 0.25) is 0 Å². The Morgan fingerprint density at radius 3 is 2.39 bits per heavy atom. The maximum absolute atomic E-state index is 13.6. The van der Waals surface area contributed by atoms with Crippen LogP contribution in [0.15, 0.2) is 29.3 Å². The van der Waals surface area contributed by atoms with Crippen LogP contribution >= 0.6 is 0 Å². The summed E-state index contributed by atoms with van der Waals surface area (Å²) in [6.07, 6.45) is 4.87. The summed E-state index contributed by atoms with van der Waals surface area (Å²) < 4.78 is 29.0. The van der Waals surface area contributed by atoms with Gasteiger partial charge in [0, 0.05) is 25.3 Å². The minimum Gasteiger partial charge on any atom is -0.354 e. The smallest absolute Gasteiger partial charge is 0.221 e. The van der Waals surface area contributed by atoms with Crippen LogP contribution in [0, 0.1) is 5.92 Å². The van der Waals surface area contributed by atoms with Crippen LogP contribution in [0.3, 0.4) is 0 Å². The zero-order valence-electron chi connectivity index (χ0n) is 16.4. The van der Waals surface area contributed by atoms with Crippen molar-refractivity contribution in [2.75, 3.05) is 44.6 Å². The maximum atomic E-state index is 13.6. The Hall–Kier alpha value is -1.64. The second-order valence-electron chi connectivity index (χ2n) is 7.92. The fraction of sp³-hybridized carbons (Fsp3) is 0.650. The Balaban J connectivity index is 1.59. The first-order valence-electron chi connectivity index (χ1n) is 10.5. The highest BCUT2D eigenvalue weighted by atomic mass is 32.2. The lowest BCUT2D eigenvalue weighted by atomic mass is 9.90. The molecule has 3 aliphatic heterocycles. The van der Waals surface area contributed by atoms with E-state index in [4.69, 9.17) is 0 Å². The van der Waals surface area contributed by atoms with Gasteiger partial charge in [0.05, 0.1) is 6.54 Å². The SMILES string of the molecule is O=S(=O)(C(c1ccc(NC2=NCCN2)cc1)C1CCNCC1)N1CCCCC1. The summed E-state index contributed by atoms with van der Waals surface area (Å²) in [4.78, 5) is 4.35. The van der Waals surface area contributed by atoms with Crippen molar-refractivity contribution in [3.8, 4) is 0 Å². The molecule has 1 atom stereocenters. The Morgan fingerprint density at radius 1 is 1.04 bits per heavy atom. The molecule has 2 fully saturated rings. The second-order valence-corrected chi connectivity index (χ2v) is 9.97. The number of rotatable bonds is 5. The van der Waals surface area contributed by atoms with Gasteiger partial charge in [-0.15, -0.1) is 0 Å². The molecule has 0 saturated carbocycles. The van der Waals surface area contributed by atoms with Gasteiger partial charge >= 0.3 is 0 Å². The van der Waals surface area contributed by atoms with Gasteiger partial charge in [-0.2, -0.15) is 0 Å². The van der Waals surface area contributed by atoms with Gasteiger partial charge in [-0.25, -0.2) is 12.7 Å². The van der Waals surface area contributed by atoms with E-state index in [0.29, 0.717) is 13.1 Å². The van der Waals surface area contributed by atoms with E-state index in [-0.39, 0.29) is 5.92 Å². The largest absolute Gasteiger partial charge is 0.354 e. The summed E-state index contributed by atoms with van der Waals surface area (Å²) in [5.74, 6) is 0.941. The highest BCUT2D eigenvalue weighted by molar-refractivity contribution is 7.89. The molecule has 2 saturated heterocycles. The van der Waals surface area contributed by atoms with Gasteiger partial charge in [0.25, 0.3) is 0 Å². The van der Waals surface area contributed by atoms with Crippen molar-refractivity contribution in [3.63, 3.8) is 0 Å². The van der Waals surface area contributed by atoms with E-state index in [9.17, 15) is 8.42 Å². The maximum Gasteiger partial charge on any atom is 0.221 e. The molecule has 0 spiro atoms. The number of hydrogen-bond donors (Lipinski definition) is 3. The molecule has 0 bridgehead atoms. The van der Waals surface area contributed by atoms with Crippen molar-refractivity contribution >= 4 is 21.7 Å². The summed E-state index contributed by atoms with van der Waals surface area (Å²) in [5.41, 5.74) is 1.83. The fourth-order valence-electron chi connectivity index (χ4n) is 4.49. The zero-order chi connectivity index (χ0) is 19.4. The lowest BCUT2D eigenvalue weighted by molar-refractivity contribution is 0.314. The Labute approximate surface area is 168 Å². The molecule has 0 radical (unpaired) electrons. The molecule has 28 heavy (non-hydrogen) atoms. The Morgan fingerprint density at radius 2 is 1.75 bits per heavy atom. The average Bonchev–Trinajstić information content (AvgIpc) is 3.24. The van der Waals surface area contributed by atoms with Crippen LogP contribution in [0.5, 0.6) is 0 Å². The predicted molar refractivity (Wildman–Crippen MR) is 113 cm³/mol. The number of anilines is 1. The van der Waals surface area contributed by atoms with Crippen LogP contribution in [0.25, 0.3) is 0 Å². The summed E-state index contributed by atoms with van der Waals surface area (Å²) in [6, 6.07) is 7.90. The molecule has 3 aliphatic rings. The highest BCUT2D eigenvalue weighted by Gasteiger charge is 2.39. The zero-order valence-corrected chi connectivity index (χ0v) is 17.2. The molecule has 8 heteroatoms. The molecule has 1 aromatic carbocycles. The summed E-state index contributed by atoms with van der Waals surface area (Å²) in [7, 11) is -3.36. The van der Waals surface area contributed by atoms with E-state index in [2.05, 4.69) is 20.9 Å². The summed E-state index contributed by atoms with van der Waals surface area (Å²) in [6.45, 7) is 4.74. The minimum absolute atomic E-state index is 0.160. The molecule has 1 unspecified atom stereocenters. The molecular formula is C20H31N5O2S. The van der Waals surface area contributed by atoms with E-state index >= 15 is 0 Å². The van der Waals surface area contributed by atoms with Gasteiger partial charge in [-0.1, -0.05) is 18.6 Å². The molecule has 0 aromatic heterocycles. The molecule has 0 aliphatic carbocycles. The fourth-order valence-corrected chi connectivity index (χ4v) is 6.84. The van der Waals surface area contributed by atoms with Crippen LogP contribution in [0.1, 0.15) is 42.9 Å². The van der Waals surface area contributed by atoms with Crippen molar-refractivity contribution in [1.29, 1.82) is 0 Å². The van der Waals surface area contributed by atoms with Gasteiger partial charge < -0.3 is 16.0 Å². The van der Waals surface area contributed by atoms with Gasteiger partial charge in [0.1, 0.15) is 5.25 Å². The second kappa shape index (κ2) is 8.80. The van der Waals surface area contributed by atoms with E-state index in [1.54, 1.807) is 4.31 Å². The summed E-state index contributed by atoms with van der Waals surface area (Å²) >= 11 is 0. The molecule has 4 rings (SSSR count). The predicted octanol–water partition coefficient (Wildman–Crippen LogP) is 1.91. The van der Waals surface area contributed by atoms with Crippen LogP contribution < -0.4 is 16.0 Å². The highest BCUT2D eigenvalue weighted by Crippen LogP contribution is 2.38. The normalized spacial score (nSPS) is 23.1. The van der Waals surface area contributed by atoms with Crippen molar-refractivity contribution in [2.24, 2.45) is 10.9 Å². The van der Waals surface area contributed by atoms with E-state index in [0.717, 1.165) is 75.5 Å². The minimum atomic E-state index is -3.36. The van der Waals surface area contributed by atoms with Crippen LogP contribution in [0.4, 0.5) is 5.69 Å². The number of sulfonamides is 1. The number of benzene rings is 1. The van der Waals surface area contributed by atoms with Gasteiger partial charge in [-0.3, -0.25) is 4.99 Å². The topological polar surface area (TPSA) is 85.8 Å². The van der Waals surface area contributed by atoms with Crippen LogP contribution in [-0.4, -0.2) is 58.0 Å². The number of piperidine rings is 2. The van der Waals surface area contributed by atoms with E-state index in [1.807, 2.05) is 24.3 Å². The molecule has 7 nitrogen and oxygen atoms in total. The van der Waals surface area contributed by atoms with E-state index < -0.39 is 15.3 Å². The van der Waals surface area contributed by atoms with Crippen molar-refractivity contribution in [3.05, 3.63) is 29.8 Å². The summed E-state index contributed by atoms with van der Waals surface area (Å²) in [5, 5.41) is 9.36. The first-order valence-corrected chi connectivity index (χ1v) is 12.0. The van der Waals surface area contributed by atoms with Crippen molar-refractivity contribution < 1.29 is 8.42 Å². The third-order valence-corrected chi connectivity index (χ3v) is 8.37.